The summed E-state index contributed by atoms with van der Waals surface area (Å²) >= 11 is 0. The van der Waals surface area contributed by atoms with Crippen molar-refractivity contribution in [1.82, 2.24) is 9.62 Å². The van der Waals surface area contributed by atoms with E-state index in [9.17, 15) is 23.1 Å². The van der Waals surface area contributed by atoms with E-state index in [0.717, 1.165) is 12.0 Å². The first kappa shape index (κ1) is 30.7. The van der Waals surface area contributed by atoms with E-state index in [-0.39, 0.29) is 41.8 Å². The van der Waals surface area contributed by atoms with E-state index in [4.69, 9.17) is 11.5 Å². The van der Waals surface area contributed by atoms with Crippen LogP contribution in [0.25, 0.3) is 0 Å². The summed E-state index contributed by atoms with van der Waals surface area (Å²) in [5.74, 6) is -1.24. The molecular formula is C27H44N6O5S. The Morgan fingerprint density at radius 1 is 1.21 bits per heavy atom. The van der Waals surface area contributed by atoms with Crippen molar-refractivity contribution in [3.63, 3.8) is 0 Å². The van der Waals surface area contributed by atoms with Gasteiger partial charge in [-0.25, -0.2) is 13.2 Å². The largest absolute Gasteiger partial charge is 0.480 e. The number of carbonyl (C=O) groups is 2. The van der Waals surface area contributed by atoms with Crippen LogP contribution in [0.2, 0.25) is 0 Å². The Bertz CT molecular complexity index is 1190. The zero-order valence-electron chi connectivity index (χ0n) is 23.7. The van der Waals surface area contributed by atoms with Crippen molar-refractivity contribution in [1.29, 1.82) is 0 Å². The number of hydrogen-bond donors (Lipinski definition) is 4. The molecule has 0 radical (unpaired) electrons. The summed E-state index contributed by atoms with van der Waals surface area (Å²) in [5, 5.41) is 9.82. The molecule has 2 heterocycles. The van der Waals surface area contributed by atoms with Gasteiger partial charge in [-0.2, -0.15) is 4.72 Å². The Kier molecular flexibility index (Phi) is 9.53. The first-order valence-electron chi connectivity index (χ1n) is 13.6. The Hall–Kier alpha value is -2.86. The van der Waals surface area contributed by atoms with Crippen LogP contribution in [0.3, 0.4) is 0 Å². The predicted octanol–water partition coefficient (Wildman–Crippen LogP) is 1.90. The van der Waals surface area contributed by atoms with Crippen molar-refractivity contribution < 1.29 is 23.1 Å². The number of nitrogens with two attached hydrogens (primary N) is 2. The van der Waals surface area contributed by atoms with Gasteiger partial charge in [-0.3, -0.25) is 9.79 Å². The molecule has 0 saturated carbocycles. The molecule has 0 bridgehead atoms. The average molecular weight is 565 g/mol. The van der Waals surface area contributed by atoms with Crippen LogP contribution in [0.15, 0.2) is 28.1 Å². The highest BCUT2D eigenvalue weighted by Crippen LogP contribution is 2.39. The lowest BCUT2D eigenvalue weighted by Crippen LogP contribution is -2.56. The maximum absolute atomic E-state index is 14.0. The SMILES string of the molecule is CC1CCN(C(=O)C(CCCN=C(N)N)NS(=O)(=O)c2cccc3c2N(C(C)(C)C)CC(C)C3)C(C(=O)O)C1. The normalized spacial score (nSPS) is 22.6. The molecule has 1 saturated heterocycles. The van der Waals surface area contributed by atoms with E-state index in [2.05, 4.69) is 21.5 Å². The van der Waals surface area contributed by atoms with Crippen molar-refractivity contribution in [2.45, 2.75) is 89.2 Å². The van der Waals surface area contributed by atoms with E-state index in [0.29, 0.717) is 37.4 Å². The molecule has 1 amide bonds. The first-order valence-corrected chi connectivity index (χ1v) is 15.1. The standard InChI is InChI=1S/C27H44N6O5S/c1-17-11-13-32(21(15-17)25(35)36)24(34)20(9-7-12-30-26(28)29)31-39(37,38)22-10-6-8-19-14-18(2)16-33(23(19)22)27(3,4)5/h6,8,10,17-18,20-21,31H,7,9,11-16H2,1-5H3,(H,35,36)(H4,28,29,30). The molecule has 218 valence electrons. The molecule has 2 aliphatic rings. The van der Waals surface area contributed by atoms with E-state index in [1.165, 1.54) is 4.90 Å². The van der Waals surface area contributed by atoms with Gasteiger partial charge in [0.05, 0.1) is 5.69 Å². The smallest absolute Gasteiger partial charge is 0.326 e. The molecule has 0 spiro atoms. The monoisotopic (exact) mass is 564 g/mol. The molecule has 39 heavy (non-hydrogen) atoms. The highest BCUT2D eigenvalue weighted by Gasteiger charge is 2.40. The van der Waals surface area contributed by atoms with Crippen molar-refractivity contribution in [2.24, 2.45) is 28.3 Å². The molecule has 4 atom stereocenters. The summed E-state index contributed by atoms with van der Waals surface area (Å²) in [4.78, 5) is 33.3. The summed E-state index contributed by atoms with van der Waals surface area (Å²) in [6, 6.07) is 3.08. The van der Waals surface area contributed by atoms with Gasteiger partial charge in [-0.15, -0.1) is 0 Å². The molecule has 0 aromatic heterocycles. The summed E-state index contributed by atoms with van der Waals surface area (Å²) in [6.45, 7) is 11.4. The Balaban J connectivity index is 1.99. The van der Waals surface area contributed by atoms with Crippen LogP contribution in [0.5, 0.6) is 0 Å². The molecule has 0 aliphatic carbocycles. The number of guanidine groups is 1. The molecular weight excluding hydrogens is 520 g/mol. The Labute approximate surface area is 232 Å². The molecule has 2 aliphatic heterocycles. The number of benzene rings is 1. The fraction of sp³-hybridized carbons (Fsp3) is 0.667. The van der Waals surface area contributed by atoms with Crippen molar-refractivity contribution in [3.8, 4) is 0 Å². The molecule has 1 aromatic carbocycles. The number of carboxylic acids is 1. The summed E-state index contributed by atoms with van der Waals surface area (Å²) in [7, 11) is -4.17. The number of fused-ring (bicyclic) bond motifs is 1. The fourth-order valence-corrected chi connectivity index (χ4v) is 7.01. The lowest BCUT2D eigenvalue weighted by Gasteiger charge is -2.44. The first-order chi connectivity index (χ1) is 18.1. The van der Waals surface area contributed by atoms with Gasteiger partial charge in [0.2, 0.25) is 15.9 Å². The van der Waals surface area contributed by atoms with Gasteiger partial charge in [0.15, 0.2) is 5.96 Å². The van der Waals surface area contributed by atoms with Crippen molar-refractivity contribution in [2.75, 3.05) is 24.5 Å². The second-order valence-electron chi connectivity index (χ2n) is 12.0. The van der Waals surface area contributed by atoms with Gasteiger partial charge in [0.1, 0.15) is 17.0 Å². The number of nitrogens with one attached hydrogen (secondary N) is 1. The summed E-state index contributed by atoms with van der Waals surface area (Å²) in [6.07, 6.45) is 2.16. The maximum Gasteiger partial charge on any atom is 0.326 e. The maximum atomic E-state index is 14.0. The van der Waals surface area contributed by atoms with Gasteiger partial charge in [0, 0.05) is 25.2 Å². The predicted molar refractivity (Wildman–Crippen MR) is 152 cm³/mol. The van der Waals surface area contributed by atoms with Crippen LogP contribution in [-0.4, -0.2) is 73.5 Å². The van der Waals surface area contributed by atoms with Crippen LogP contribution in [0.1, 0.15) is 65.9 Å². The zero-order chi connectivity index (χ0) is 29.1. The van der Waals surface area contributed by atoms with Crippen LogP contribution >= 0.6 is 0 Å². The number of amides is 1. The number of sulfonamides is 1. The molecule has 1 fully saturated rings. The quantitative estimate of drug-likeness (QED) is 0.200. The number of hydrogen-bond acceptors (Lipinski definition) is 6. The van der Waals surface area contributed by atoms with E-state index in [1.807, 2.05) is 33.8 Å². The average Bonchev–Trinajstić information content (AvgIpc) is 2.83. The molecule has 3 rings (SSSR count). The second-order valence-corrected chi connectivity index (χ2v) is 13.7. The summed E-state index contributed by atoms with van der Waals surface area (Å²) in [5.41, 5.74) is 12.1. The minimum atomic E-state index is -4.17. The third-order valence-electron chi connectivity index (χ3n) is 7.49. The number of rotatable bonds is 9. The Morgan fingerprint density at radius 3 is 2.51 bits per heavy atom. The molecule has 11 nitrogen and oxygen atoms in total. The van der Waals surface area contributed by atoms with Gasteiger partial charge >= 0.3 is 5.97 Å². The van der Waals surface area contributed by atoms with Crippen LogP contribution in [0.4, 0.5) is 5.69 Å². The number of nitrogens with zero attached hydrogens (tertiary/aromatic N) is 3. The van der Waals surface area contributed by atoms with E-state index in [1.54, 1.807) is 12.1 Å². The molecule has 6 N–H and O–H groups in total. The minimum Gasteiger partial charge on any atom is -0.480 e. The third-order valence-corrected chi connectivity index (χ3v) is 8.99. The van der Waals surface area contributed by atoms with Gasteiger partial charge in [-0.05, 0) is 76.3 Å². The fourth-order valence-electron chi connectivity index (χ4n) is 5.53. The lowest BCUT2D eigenvalue weighted by atomic mass is 9.90. The number of aliphatic carboxylic acids is 1. The number of aliphatic imine (C=N–C) groups is 1. The minimum absolute atomic E-state index is 0.0955. The number of anilines is 1. The van der Waals surface area contributed by atoms with E-state index < -0.39 is 34.0 Å². The number of carbonyl (C=O) groups excluding carboxylic acids is 1. The lowest BCUT2D eigenvalue weighted by molar-refractivity contribution is -0.153. The van der Waals surface area contributed by atoms with Crippen LogP contribution in [-0.2, 0) is 26.0 Å². The van der Waals surface area contributed by atoms with Crippen LogP contribution < -0.4 is 21.1 Å². The molecule has 12 heteroatoms. The van der Waals surface area contributed by atoms with Gasteiger partial charge in [-0.1, -0.05) is 26.0 Å². The number of carboxylic acid groups (broad SMARTS) is 1. The second kappa shape index (κ2) is 12.1. The van der Waals surface area contributed by atoms with Crippen molar-refractivity contribution in [3.05, 3.63) is 23.8 Å². The van der Waals surface area contributed by atoms with Gasteiger partial charge < -0.3 is 26.4 Å². The molecule has 4 unspecified atom stereocenters. The van der Waals surface area contributed by atoms with E-state index >= 15 is 0 Å². The number of likely N-dealkylation sites (tertiary alicyclic amines) is 1. The van der Waals surface area contributed by atoms with Gasteiger partial charge in [0.25, 0.3) is 0 Å². The molecule has 1 aromatic rings. The Morgan fingerprint density at radius 2 is 1.90 bits per heavy atom. The number of para-hydroxylation sites is 1. The van der Waals surface area contributed by atoms with Crippen LogP contribution in [0, 0.1) is 11.8 Å². The number of piperidine rings is 1. The highest BCUT2D eigenvalue weighted by atomic mass is 32.2. The summed E-state index contributed by atoms with van der Waals surface area (Å²) < 4.78 is 30.6. The third kappa shape index (κ3) is 7.42. The zero-order valence-corrected chi connectivity index (χ0v) is 24.5. The highest BCUT2D eigenvalue weighted by molar-refractivity contribution is 7.89. The topological polar surface area (TPSA) is 171 Å². The van der Waals surface area contributed by atoms with Crippen molar-refractivity contribution >= 4 is 33.5 Å².